The molecule has 1 saturated heterocycles. The number of aromatic nitrogens is 1. The number of carbonyl (C=O) groups is 2. The number of nitrogens with one attached hydrogen (secondary N) is 1. The van der Waals surface area contributed by atoms with Crippen LogP contribution >= 0.6 is 11.6 Å². The topological polar surface area (TPSA) is 77.9 Å². The van der Waals surface area contributed by atoms with Gasteiger partial charge in [0.1, 0.15) is 11.7 Å². The number of anilines is 1. The first-order valence-electron chi connectivity index (χ1n) is 13.3. The zero-order valence-corrected chi connectivity index (χ0v) is 23.2. The molecule has 0 bridgehead atoms. The molecule has 2 aromatic rings. The first kappa shape index (κ1) is 27.6. The van der Waals surface area contributed by atoms with E-state index in [1.165, 1.54) is 6.08 Å². The molecule has 1 aliphatic heterocycles. The van der Waals surface area contributed by atoms with Crippen molar-refractivity contribution in [3.05, 3.63) is 70.9 Å². The average Bonchev–Trinajstić information content (AvgIpc) is 2.93. The number of hydrogen-bond acceptors (Lipinski definition) is 4. The molecule has 200 valence electrons. The van der Waals surface area contributed by atoms with Gasteiger partial charge in [0.25, 0.3) is 0 Å². The van der Waals surface area contributed by atoms with Crippen LogP contribution < -0.4 is 5.32 Å². The van der Waals surface area contributed by atoms with Gasteiger partial charge < -0.3 is 15.1 Å². The van der Waals surface area contributed by atoms with Gasteiger partial charge in [-0.15, -0.1) is 0 Å². The lowest BCUT2D eigenvalue weighted by Crippen LogP contribution is -2.55. The Kier molecular flexibility index (Phi) is 9.00. The highest BCUT2D eigenvalue weighted by Gasteiger charge is 2.31. The molecule has 1 N–H and O–H groups in total. The number of hydrogen-bond donors (Lipinski definition) is 1. The minimum atomic E-state index is -0.0849. The van der Waals surface area contributed by atoms with E-state index >= 15 is 0 Å². The second-order valence-electron chi connectivity index (χ2n) is 10.1. The molecule has 2 heterocycles. The van der Waals surface area contributed by atoms with Gasteiger partial charge in [-0.3, -0.25) is 9.59 Å². The van der Waals surface area contributed by atoms with Gasteiger partial charge in [-0.2, -0.15) is 0 Å². The van der Waals surface area contributed by atoms with Crippen LogP contribution in [-0.2, 0) is 9.59 Å². The predicted octanol–water partition coefficient (Wildman–Crippen LogP) is 6.18. The number of allylic oxidation sites excluding steroid dienone is 2. The Bertz CT molecular complexity index is 1270. The van der Waals surface area contributed by atoms with Crippen molar-refractivity contribution in [1.82, 2.24) is 14.8 Å². The molecule has 0 radical (unpaired) electrons. The molecule has 2 amide bonds. The predicted molar refractivity (Wildman–Crippen MR) is 155 cm³/mol. The van der Waals surface area contributed by atoms with Crippen molar-refractivity contribution < 1.29 is 9.59 Å². The molecule has 0 spiro atoms. The lowest BCUT2D eigenvalue weighted by Gasteiger charge is -2.41. The largest absolute Gasteiger partial charge is 0.350 e. The van der Waals surface area contributed by atoms with Gasteiger partial charge in [-0.1, -0.05) is 56.3 Å². The summed E-state index contributed by atoms with van der Waals surface area (Å²) < 4.78 is 0. The third kappa shape index (κ3) is 5.99. The lowest BCUT2D eigenvalue weighted by atomic mass is 9.96. The number of halogens is 1. The van der Waals surface area contributed by atoms with Crippen LogP contribution in [0.4, 0.5) is 11.5 Å². The second kappa shape index (κ2) is 12.4. The summed E-state index contributed by atoms with van der Waals surface area (Å²) in [5, 5.41) is 3.34. The molecule has 0 saturated carbocycles. The van der Waals surface area contributed by atoms with Crippen molar-refractivity contribution in [3.63, 3.8) is 0 Å². The fourth-order valence-corrected chi connectivity index (χ4v) is 5.45. The summed E-state index contributed by atoms with van der Waals surface area (Å²) in [5.74, 6) is 1.27. The molecule has 1 unspecified atom stereocenters. The number of rotatable bonds is 7. The molecule has 2 aliphatic rings. The van der Waals surface area contributed by atoms with E-state index in [0.29, 0.717) is 54.0 Å². The maximum Gasteiger partial charge on any atom is 0.246 e. The van der Waals surface area contributed by atoms with Crippen LogP contribution in [0.1, 0.15) is 69.2 Å². The Labute approximate surface area is 230 Å². The van der Waals surface area contributed by atoms with Crippen molar-refractivity contribution in [2.45, 2.75) is 58.4 Å². The first-order valence-corrected chi connectivity index (χ1v) is 13.7. The van der Waals surface area contributed by atoms with Crippen LogP contribution in [0.25, 0.3) is 5.57 Å². The van der Waals surface area contributed by atoms with Gasteiger partial charge in [0.15, 0.2) is 0 Å². The molecule has 38 heavy (non-hydrogen) atoms. The van der Waals surface area contributed by atoms with E-state index in [-0.39, 0.29) is 17.9 Å². The van der Waals surface area contributed by atoms with E-state index in [4.69, 9.17) is 21.6 Å². The molecular weight excluding hydrogens is 498 g/mol. The highest BCUT2D eigenvalue weighted by molar-refractivity contribution is 6.32. The summed E-state index contributed by atoms with van der Waals surface area (Å²) in [5.41, 5.74) is 4.43. The van der Waals surface area contributed by atoms with E-state index in [2.05, 4.69) is 49.7 Å². The van der Waals surface area contributed by atoms with Crippen molar-refractivity contribution in [2.75, 3.05) is 25.0 Å². The number of amidine groups is 1. The van der Waals surface area contributed by atoms with E-state index in [1.54, 1.807) is 4.90 Å². The summed E-state index contributed by atoms with van der Waals surface area (Å²) in [7, 11) is 0. The van der Waals surface area contributed by atoms with Crippen LogP contribution in [0.5, 0.6) is 0 Å². The third-order valence-corrected chi connectivity index (χ3v) is 7.47. The summed E-state index contributed by atoms with van der Waals surface area (Å²) in [6, 6.07) is 9.90. The first-order chi connectivity index (χ1) is 18.3. The van der Waals surface area contributed by atoms with Gasteiger partial charge in [0, 0.05) is 25.7 Å². The Balaban J connectivity index is 1.87. The lowest BCUT2D eigenvalue weighted by molar-refractivity contribution is -0.128. The smallest absolute Gasteiger partial charge is 0.246 e. The molecule has 1 aromatic heterocycles. The van der Waals surface area contributed by atoms with Crippen LogP contribution in [0.15, 0.2) is 54.1 Å². The Morgan fingerprint density at radius 1 is 1.26 bits per heavy atom. The molecule has 8 heteroatoms. The maximum atomic E-state index is 12.3. The van der Waals surface area contributed by atoms with Gasteiger partial charge in [-0.05, 0) is 67.9 Å². The summed E-state index contributed by atoms with van der Waals surface area (Å²) in [6.45, 7) is 11.6. The SMILES string of the molecule is C=CC(=O)N1CCN(/C(=N/c2ccccc2C(C)C)c2cc(Cl)c(C3=CCCCC3)nc2NC=O)C(C)C1. The quantitative estimate of drug-likeness (QED) is 0.199. The Morgan fingerprint density at radius 3 is 2.71 bits per heavy atom. The number of para-hydroxylation sites is 1. The van der Waals surface area contributed by atoms with Crippen LogP contribution in [0.3, 0.4) is 0 Å². The number of nitrogens with zero attached hydrogens (tertiary/aromatic N) is 4. The zero-order chi connectivity index (χ0) is 27.2. The number of carbonyl (C=O) groups excluding carboxylic acids is 2. The number of pyridine rings is 1. The highest BCUT2D eigenvalue weighted by atomic mass is 35.5. The minimum Gasteiger partial charge on any atom is -0.350 e. The summed E-state index contributed by atoms with van der Waals surface area (Å²) in [6.07, 6.45) is 8.33. The Morgan fingerprint density at radius 2 is 2.05 bits per heavy atom. The van der Waals surface area contributed by atoms with E-state index in [1.807, 2.05) is 24.3 Å². The molecular formula is C30H36ClN5O2. The minimum absolute atomic E-state index is 0.0406. The van der Waals surface area contributed by atoms with Gasteiger partial charge in [0.05, 0.1) is 22.0 Å². The molecule has 1 fully saturated rings. The zero-order valence-electron chi connectivity index (χ0n) is 22.4. The molecule has 1 atom stereocenters. The fourth-order valence-electron chi connectivity index (χ4n) is 5.18. The normalized spacial score (nSPS) is 18.3. The van der Waals surface area contributed by atoms with Crippen molar-refractivity contribution in [3.8, 4) is 0 Å². The summed E-state index contributed by atoms with van der Waals surface area (Å²) >= 11 is 6.87. The standard InChI is InChI=1S/C30H36ClN5O2/c1-5-27(38)35-15-16-36(21(4)18-35)30(33-26-14-10-9-13-23(26)20(2)3)24-17-25(31)28(34-29(24)32-19-37)22-11-7-6-8-12-22/h5,9-11,13-14,17,19-21H,1,6-8,12,15-16,18H2,2-4H3,(H,32,34,37)/b33-30+. The van der Waals surface area contributed by atoms with E-state index in [0.717, 1.165) is 42.5 Å². The second-order valence-corrected chi connectivity index (χ2v) is 10.5. The van der Waals surface area contributed by atoms with Crippen molar-refractivity contribution in [2.24, 2.45) is 4.99 Å². The maximum absolute atomic E-state index is 12.3. The number of benzene rings is 1. The van der Waals surface area contributed by atoms with Crippen LogP contribution in [0.2, 0.25) is 5.02 Å². The van der Waals surface area contributed by atoms with Gasteiger partial charge in [-0.25, -0.2) is 9.98 Å². The molecule has 4 rings (SSSR count). The average molecular weight is 534 g/mol. The van der Waals surface area contributed by atoms with E-state index in [9.17, 15) is 9.59 Å². The molecule has 7 nitrogen and oxygen atoms in total. The monoisotopic (exact) mass is 533 g/mol. The number of piperazine rings is 1. The Hall–Kier alpha value is -3.45. The van der Waals surface area contributed by atoms with Crippen LogP contribution in [-0.4, -0.2) is 58.6 Å². The fraction of sp³-hybridized carbons (Fsp3) is 0.400. The number of amides is 2. The van der Waals surface area contributed by atoms with Gasteiger partial charge in [0.2, 0.25) is 12.3 Å². The van der Waals surface area contributed by atoms with E-state index < -0.39 is 0 Å². The summed E-state index contributed by atoms with van der Waals surface area (Å²) in [4.78, 5) is 38.0. The van der Waals surface area contributed by atoms with Crippen molar-refractivity contribution in [1.29, 1.82) is 0 Å². The van der Waals surface area contributed by atoms with Gasteiger partial charge >= 0.3 is 0 Å². The van der Waals surface area contributed by atoms with Crippen LogP contribution in [0, 0.1) is 0 Å². The van der Waals surface area contributed by atoms with Crippen molar-refractivity contribution >= 4 is 46.8 Å². The third-order valence-electron chi connectivity index (χ3n) is 7.18. The number of aliphatic imine (C=N–C) groups is 1. The molecule has 1 aliphatic carbocycles. The molecule has 1 aromatic carbocycles. The highest BCUT2D eigenvalue weighted by Crippen LogP contribution is 2.35.